The molecule has 1 heterocycles. The normalized spacial score (nSPS) is 36.8. The van der Waals surface area contributed by atoms with Crippen LogP contribution in [0.4, 0.5) is 0 Å². The minimum Gasteiger partial charge on any atom is -0.376 e. The monoisotopic (exact) mass is 218 g/mol. The molecule has 4 nitrogen and oxygen atoms in total. The summed E-state index contributed by atoms with van der Waals surface area (Å²) in [5.74, 6) is 0. The molecule has 1 aliphatic rings. The SMILES string of the molecule is CCCO[C@H]1[C@@H](OC)[C@H](C)OC[C@H]1OC. The van der Waals surface area contributed by atoms with Gasteiger partial charge in [-0.1, -0.05) is 6.92 Å². The molecule has 1 saturated heterocycles. The van der Waals surface area contributed by atoms with E-state index in [2.05, 4.69) is 6.92 Å². The Hall–Kier alpha value is -0.160. The summed E-state index contributed by atoms with van der Waals surface area (Å²) in [4.78, 5) is 0. The van der Waals surface area contributed by atoms with Crippen LogP contribution in [0.3, 0.4) is 0 Å². The Morgan fingerprint density at radius 2 is 1.93 bits per heavy atom. The Morgan fingerprint density at radius 3 is 2.47 bits per heavy atom. The maximum Gasteiger partial charge on any atom is 0.114 e. The van der Waals surface area contributed by atoms with E-state index in [-0.39, 0.29) is 24.4 Å². The lowest BCUT2D eigenvalue weighted by Crippen LogP contribution is -2.54. The van der Waals surface area contributed by atoms with Gasteiger partial charge in [-0.25, -0.2) is 0 Å². The van der Waals surface area contributed by atoms with Gasteiger partial charge in [0, 0.05) is 20.8 Å². The van der Waals surface area contributed by atoms with Crippen LogP contribution in [0.1, 0.15) is 20.3 Å². The van der Waals surface area contributed by atoms with Crippen molar-refractivity contribution in [2.24, 2.45) is 0 Å². The summed E-state index contributed by atoms with van der Waals surface area (Å²) in [5.41, 5.74) is 0. The zero-order chi connectivity index (χ0) is 11.3. The summed E-state index contributed by atoms with van der Waals surface area (Å²) in [6.45, 7) is 5.40. The predicted molar refractivity (Wildman–Crippen MR) is 57.0 cm³/mol. The van der Waals surface area contributed by atoms with Crippen LogP contribution in [-0.2, 0) is 18.9 Å². The van der Waals surface area contributed by atoms with E-state index in [1.54, 1.807) is 14.2 Å². The van der Waals surface area contributed by atoms with Gasteiger partial charge in [0.2, 0.25) is 0 Å². The standard InChI is InChI=1S/C11H22O4/c1-5-6-14-11-9(12-3)7-15-8(2)10(11)13-4/h8-11H,5-7H2,1-4H3/t8-,9+,10-,11+/m0/s1. The van der Waals surface area contributed by atoms with Crippen LogP contribution in [0.2, 0.25) is 0 Å². The molecule has 15 heavy (non-hydrogen) atoms. The lowest BCUT2D eigenvalue weighted by molar-refractivity contribution is -0.214. The lowest BCUT2D eigenvalue weighted by atomic mass is 10.0. The topological polar surface area (TPSA) is 36.9 Å². The van der Waals surface area contributed by atoms with Crippen molar-refractivity contribution in [1.29, 1.82) is 0 Å². The molecule has 90 valence electrons. The summed E-state index contributed by atoms with van der Waals surface area (Å²) in [6, 6.07) is 0. The maximum absolute atomic E-state index is 5.78. The molecule has 1 fully saturated rings. The van der Waals surface area contributed by atoms with Crippen LogP contribution >= 0.6 is 0 Å². The zero-order valence-corrected chi connectivity index (χ0v) is 10.1. The fourth-order valence-corrected chi connectivity index (χ4v) is 1.90. The third kappa shape index (κ3) is 3.14. The van der Waals surface area contributed by atoms with Crippen molar-refractivity contribution in [3.63, 3.8) is 0 Å². The summed E-state index contributed by atoms with van der Waals surface area (Å²) in [7, 11) is 3.36. The van der Waals surface area contributed by atoms with Gasteiger partial charge in [0.1, 0.15) is 18.3 Å². The highest BCUT2D eigenvalue weighted by Crippen LogP contribution is 2.22. The van der Waals surface area contributed by atoms with Crippen LogP contribution in [0.15, 0.2) is 0 Å². The summed E-state index contributed by atoms with van der Waals surface area (Å²) in [5, 5.41) is 0. The summed E-state index contributed by atoms with van der Waals surface area (Å²) in [6.07, 6.45) is 0.957. The minimum absolute atomic E-state index is 0.0244. The molecule has 4 atom stereocenters. The van der Waals surface area contributed by atoms with Gasteiger partial charge in [-0.05, 0) is 13.3 Å². The highest BCUT2D eigenvalue weighted by Gasteiger charge is 2.39. The van der Waals surface area contributed by atoms with E-state index >= 15 is 0 Å². The fraction of sp³-hybridized carbons (Fsp3) is 1.00. The van der Waals surface area contributed by atoms with Crippen molar-refractivity contribution in [3.05, 3.63) is 0 Å². The average molecular weight is 218 g/mol. The van der Waals surface area contributed by atoms with Crippen LogP contribution < -0.4 is 0 Å². The second-order valence-electron chi connectivity index (χ2n) is 3.85. The van der Waals surface area contributed by atoms with E-state index in [1.807, 2.05) is 6.92 Å². The number of ether oxygens (including phenoxy) is 4. The molecule has 0 saturated carbocycles. The van der Waals surface area contributed by atoms with Crippen LogP contribution in [0.25, 0.3) is 0 Å². The molecule has 0 aromatic heterocycles. The molecular weight excluding hydrogens is 196 g/mol. The van der Waals surface area contributed by atoms with Crippen molar-refractivity contribution in [2.45, 2.75) is 44.7 Å². The average Bonchev–Trinajstić information content (AvgIpc) is 2.26. The van der Waals surface area contributed by atoms with Crippen molar-refractivity contribution in [2.75, 3.05) is 27.4 Å². The molecule has 1 rings (SSSR count). The van der Waals surface area contributed by atoms with Crippen molar-refractivity contribution in [3.8, 4) is 0 Å². The second kappa shape index (κ2) is 6.43. The molecule has 0 amide bonds. The molecule has 0 radical (unpaired) electrons. The maximum atomic E-state index is 5.78. The van der Waals surface area contributed by atoms with Crippen LogP contribution in [0.5, 0.6) is 0 Å². The first-order valence-corrected chi connectivity index (χ1v) is 5.53. The Kier molecular flexibility index (Phi) is 5.53. The van der Waals surface area contributed by atoms with Gasteiger partial charge in [0.25, 0.3) is 0 Å². The number of hydrogen-bond donors (Lipinski definition) is 0. The Bertz CT molecular complexity index is 174. The van der Waals surface area contributed by atoms with Gasteiger partial charge >= 0.3 is 0 Å². The largest absolute Gasteiger partial charge is 0.376 e. The molecule has 0 aromatic rings. The third-order valence-corrected chi connectivity index (χ3v) is 2.77. The molecule has 0 N–H and O–H groups in total. The van der Waals surface area contributed by atoms with E-state index in [0.717, 1.165) is 13.0 Å². The molecule has 0 aliphatic carbocycles. The molecule has 1 aliphatic heterocycles. The number of rotatable bonds is 5. The van der Waals surface area contributed by atoms with Crippen molar-refractivity contribution >= 4 is 0 Å². The summed E-state index contributed by atoms with van der Waals surface area (Å²) >= 11 is 0. The first-order chi connectivity index (χ1) is 7.24. The quantitative estimate of drug-likeness (QED) is 0.695. The zero-order valence-electron chi connectivity index (χ0n) is 10.1. The molecule has 0 bridgehead atoms. The Balaban J connectivity index is 2.60. The van der Waals surface area contributed by atoms with Crippen LogP contribution in [0, 0.1) is 0 Å². The molecule has 4 heteroatoms. The Labute approximate surface area is 91.8 Å². The molecule has 0 spiro atoms. The summed E-state index contributed by atoms with van der Waals surface area (Å²) < 4.78 is 22.1. The van der Waals surface area contributed by atoms with Gasteiger partial charge in [-0.2, -0.15) is 0 Å². The molecule has 0 unspecified atom stereocenters. The van der Waals surface area contributed by atoms with E-state index in [4.69, 9.17) is 18.9 Å². The lowest BCUT2D eigenvalue weighted by Gasteiger charge is -2.39. The highest BCUT2D eigenvalue weighted by molar-refractivity contribution is 4.87. The van der Waals surface area contributed by atoms with Gasteiger partial charge in [-0.3, -0.25) is 0 Å². The highest BCUT2D eigenvalue weighted by atomic mass is 16.6. The van der Waals surface area contributed by atoms with E-state index in [0.29, 0.717) is 6.61 Å². The smallest absolute Gasteiger partial charge is 0.114 e. The number of hydrogen-bond acceptors (Lipinski definition) is 4. The first-order valence-electron chi connectivity index (χ1n) is 5.53. The molecular formula is C11H22O4. The van der Waals surface area contributed by atoms with Gasteiger partial charge in [0.15, 0.2) is 0 Å². The van der Waals surface area contributed by atoms with E-state index < -0.39 is 0 Å². The first kappa shape index (κ1) is 12.9. The van der Waals surface area contributed by atoms with Crippen LogP contribution in [-0.4, -0.2) is 51.8 Å². The third-order valence-electron chi connectivity index (χ3n) is 2.77. The predicted octanol–water partition coefficient (Wildman–Crippen LogP) is 1.23. The van der Waals surface area contributed by atoms with Gasteiger partial charge in [-0.15, -0.1) is 0 Å². The van der Waals surface area contributed by atoms with E-state index in [9.17, 15) is 0 Å². The Morgan fingerprint density at radius 1 is 1.20 bits per heavy atom. The fourth-order valence-electron chi connectivity index (χ4n) is 1.90. The van der Waals surface area contributed by atoms with E-state index in [1.165, 1.54) is 0 Å². The van der Waals surface area contributed by atoms with Gasteiger partial charge < -0.3 is 18.9 Å². The number of methoxy groups -OCH3 is 2. The van der Waals surface area contributed by atoms with Gasteiger partial charge in [0.05, 0.1) is 12.7 Å². The second-order valence-corrected chi connectivity index (χ2v) is 3.85. The molecule has 0 aromatic carbocycles. The minimum atomic E-state index is -0.0461. The van der Waals surface area contributed by atoms with Crippen molar-refractivity contribution in [1.82, 2.24) is 0 Å². The van der Waals surface area contributed by atoms with Crippen molar-refractivity contribution < 1.29 is 18.9 Å².